The minimum Gasteiger partial charge on any atom is -0.348 e. The molecular formula is C13H13BrN4O2. The fourth-order valence-electron chi connectivity index (χ4n) is 2.15. The number of aromatic amines is 1. The summed E-state index contributed by atoms with van der Waals surface area (Å²) < 4.78 is 2.55. The molecule has 0 spiro atoms. The molecule has 0 aromatic carbocycles. The van der Waals surface area contributed by atoms with E-state index in [1.54, 1.807) is 29.2 Å². The van der Waals surface area contributed by atoms with Crippen LogP contribution >= 0.6 is 15.9 Å². The van der Waals surface area contributed by atoms with E-state index < -0.39 is 5.54 Å². The summed E-state index contributed by atoms with van der Waals surface area (Å²) in [6.45, 7) is 0.305. The number of halogens is 1. The first kappa shape index (κ1) is 13.1. The number of hydrogen-bond donors (Lipinski definition) is 2. The second-order valence-corrected chi connectivity index (χ2v) is 5.77. The topological polar surface area (TPSA) is 79.8 Å². The zero-order valence-electron chi connectivity index (χ0n) is 10.6. The molecule has 0 unspecified atom stereocenters. The lowest BCUT2D eigenvalue weighted by Gasteiger charge is -2.15. The molecule has 1 aliphatic rings. The third-order valence-corrected chi connectivity index (χ3v) is 3.81. The van der Waals surface area contributed by atoms with Crippen molar-refractivity contribution in [3.05, 3.63) is 51.1 Å². The van der Waals surface area contributed by atoms with Crippen LogP contribution in [0.4, 0.5) is 0 Å². The van der Waals surface area contributed by atoms with Gasteiger partial charge in [-0.1, -0.05) is 6.07 Å². The molecule has 20 heavy (non-hydrogen) atoms. The number of nitrogens with zero attached hydrogens (tertiary/aromatic N) is 2. The number of amides is 1. The van der Waals surface area contributed by atoms with Gasteiger partial charge in [-0.3, -0.25) is 14.3 Å². The molecule has 1 aliphatic carbocycles. The Labute approximate surface area is 123 Å². The molecule has 7 heteroatoms. The Hall–Kier alpha value is -1.89. The number of hydrogen-bond acceptors (Lipinski definition) is 3. The summed E-state index contributed by atoms with van der Waals surface area (Å²) in [7, 11) is 0. The molecule has 6 nitrogen and oxygen atoms in total. The lowest BCUT2D eigenvalue weighted by atomic mass is 10.2. The summed E-state index contributed by atoms with van der Waals surface area (Å²) in [4.78, 5) is 26.2. The molecule has 1 fully saturated rings. The fraction of sp³-hybridized carbons (Fsp3) is 0.308. The van der Waals surface area contributed by atoms with Crippen LogP contribution in [0.15, 0.2) is 39.9 Å². The predicted octanol–water partition coefficient (Wildman–Crippen LogP) is 1.14. The number of aromatic nitrogens is 3. The molecular weight excluding hydrogens is 324 g/mol. The highest BCUT2D eigenvalue weighted by Crippen LogP contribution is 2.43. The van der Waals surface area contributed by atoms with Crippen molar-refractivity contribution in [2.24, 2.45) is 0 Å². The number of carbonyl (C=O) groups is 1. The van der Waals surface area contributed by atoms with E-state index in [1.165, 1.54) is 6.07 Å². The molecule has 2 N–H and O–H groups in total. The number of H-pyrrole nitrogens is 1. The molecule has 2 aromatic rings. The average Bonchev–Trinajstić information content (AvgIpc) is 3.13. The minimum atomic E-state index is -0.568. The van der Waals surface area contributed by atoms with Crippen LogP contribution in [-0.2, 0) is 16.9 Å². The summed E-state index contributed by atoms with van der Waals surface area (Å²) in [6.07, 6.45) is 5.02. The maximum Gasteiger partial charge on any atom is 0.248 e. The van der Waals surface area contributed by atoms with E-state index in [1.807, 2.05) is 0 Å². The monoisotopic (exact) mass is 336 g/mol. The number of rotatable bonds is 4. The van der Waals surface area contributed by atoms with Gasteiger partial charge in [-0.25, -0.2) is 0 Å². The predicted molar refractivity (Wildman–Crippen MR) is 76.0 cm³/mol. The molecule has 104 valence electrons. The molecule has 1 saturated carbocycles. The molecule has 1 amide bonds. The van der Waals surface area contributed by atoms with Crippen LogP contribution in [0.3, 0.4) is 0 Å². The van der Waals surface area contributed by atoms with Crippen LogP contribution in [0.5, 0.6) is 0 Å². The Morgan fingerprint density at radius 2 is 2.30 bits per heavy atom. The van der Waals surface area contributed by atoms with E-state index in [-0.39, 0.29) is 11.5 Å². The standard InChI is InChI=1S/C13H13BrN4O2/c14-9-6-16-18(8-9)13(4-5-13)12(20)15-7-10-2-1-3-11(19)17-10/h1-3,6,8H,4-5,7H2,(H,15,20)(H,17,19). The lowest BCUT2D eigenvalue weighted by Crippen LogP contribution is -2.39. The Bertz CT molecular complexity index is 702. The van der Waals surface area contributed by atoms with Gasteiger partial charge in [-0.05, 0) is 34.8 Å². The van der Waals surface area contributed by atoms with Gasteiger partial charge in [0.2, 0.25) is 11.5 Å². The molecule has 0 aliphatic heterocycles. The van der Waals surface area contributed by atoms with E-state index in [2.05, 4.69) is 31.3 Å². The van der Waals surface area contributed by atoms with Gasteiger partial charge in [-0.2, -0.15) is 5.10 Å². The van der Waals surface area contributed by atoms with Crippen LogP contribution < -0.4 is 10.9 Å². The SMILES string of the molecule is O=C(NCc1cccc(=O)[nH]1)C1(n2cc(Br)cn2)CC1. The number of carbonyl (C=O) groups excluding carboxylic acids is 1. The summed E-state index contributed by atoms with van der Waals surface area (Å²) in [5.74, 6) is -0.0715. The van der Waals surface area contributed by atoms with Crippen molar-refractivity contribution in [1.29, 1.82) is 0 Å². The quantitative estimate of drug-likeness (QED) is 0.878. The van der Waals surface area contributed by atoms with Crippen molar-refractivity contribution < 1.29 is 4.79 Å². The lowest BCUT2D eigenvalue weighted by molar-refractivity contribution is -0.126. The van der Waals surface area contributed by atoms with Crippen LogP contribution in [0.2, 0.25) is 0 Å². The van der Waals surface area contributed by atoms with E-state index in [9.17, 15) is 9.59 Å². The Morgan fingerprint density at radius 3 is 2.90 bits per heavy atom. The first-order chi connectivity index (χ1) is 9.60. The van der Waals surface area contributed by atoms with E-state index in [0.717, 1.165) is 17.3 Å². The third-order valence-electron chi connectivity index (χ3n) is 3.40. The zero-order valence-corrected chi connectivity index (χ0v) is 12.2. The van der Waals surface area contributed by atoms with Gasteiger partial charge in [0.25, 0.3) is 0 Å². The van der Waals surface area contributed by atoms with Crippen molar-refractivity contribution >= 4 is 21.8 Å². The number of nitrogens with one attached hydrogen (secondary N) is 2. The van der Waals surface area contributed by atoms with E-state index in [4.69, 9.17) is 0 Å². The van der Waals surface area contributed by atoms with Crippen LogP contribution in [-0.4, -0.2) is 20.7 Å². The molecule has 2 heterocycles. The fourth-order valence-corrected chi connectivity index (χ4v) is 2.44. The van der Waals surface area contributed by atoms with Gasteiger partial charge < -0.3 is 10.3 Å². The maximum atomic E-state index is 12.3. The van der Waals surface area contributed by atoms with Crippen molar-refractivity contribution in [3.63, 3.8) is 0 Å². The molecule has 0 radical (unpaired) electrons. The third kappa shape index (κ3) is 2.40. The summed E-state index contributed by atoms with van der Waals surface area (Å²) >= 11 is 3.33. The Morgan fingerprint density at radius 1 is 1.50 bits per heavy atom. The molecule has 0 bridgehead atoms. The van der Waals surface area contributed by atoms with E-state index >= 15 is 0 Å². The normalized spacial score (nSPS) is 15.8. The summed E-state index contributed by atoms with van der Waals surface area (Å²) in [5.41, 5.74) is -0.0571. The van der Waals surface area contributed by atoms with Gasteiger partial charge in [-0.15, -0.1) is 0 Å². The highest BCUT2D eigenvalue weighted by Gasteiger charge is 2.52. The summed E-state index contributed by atoms with van der Waals surface area (Å²) in [5, 5.41) is 7.04. The van der Waals surface area contributed by atoms with Crippen molar-refractivity contribution in [2.45, 2.75) is 24.9 Å². The second-order valence-electron chi connectivity index (χ2n) is 4.86. The van der Waals surface area contributed by atoms with Gasteiger partial charge in [0.15, 0.2) is 0 Å². The first-order valence-corrected chi connectivity index (χ1v) is 7.07. The van der Waals surface area contributed by atoms with Gasteiger partial charge in [0, 0.05) is 18.0 Å². The first-order valence-electron chi connectivity index (χ1n) is 6.27. The van der Waals surface area contributed by atoms with Crippen LogP contribution in [0.25, 0.3) is 0 Å². The number of pyridine rings is 1. The smallest absolute Gasteiger partial charge is 0.248 e. The maximum absolute atomic E-state index is 12.3. The van der Waals surface area contributed by atoms with Gasteiger partial charge in [0.1, 0.15) is 5.54 Å². The Balaban J connectivity index is 1.69. The highest BCUT2D eigenvalue weighted by molar-refractivity contribution is 9.10. The van der Waals surface area contributed by atoms with Gasteiger partial charge in [0.05, 0.1) is 17.2 Å². The largest absolute Gasteiger partial charge is 0.348 e. The Kier molecular flexibility index (Phi) is 3.21. The van der Waals surface area contributed by atoms with Crippen LogP contribution in [0.1, 0.15) is 18.5 Å². The van der Waals surface area contributed by atoms with Crippen molar-refractivity contribution in [3.8, 4) is 0 Å². The summed E-state index contributed by atoms with van der Waals surface area (Å²) in [6, 6.07) is 4.87. The van der Waals surface area contributed by atoms with Crippen molar-refractivity contribution in [2.75, 3.05) is 0 Å². The van der Waals surface area contributed by atoms with Crippen LogP contribution in [0, 0.1) is 0 Å². The molecule has 0 atom stereocenters. The van der Waals surface area contributed by atoms with Gasteiger partial charge >= 0.3 is 0 Å². The van der Waals surface area contributed by atoms with Crippen molar-refractivity contribution in [1.82, 2.24) is 20.1 Å². The molecule has 3 rings (SSSR count). The average molecular weight is 337 g/mol. The second kappa shape index (κ2) is 4.90. The van der Waals surface area contributed by atoms with E-state index in [0.29, 0.717) is 12.2 Å². The zero-order chi connectivity index (χ0) is 14.2. The highest BCUT2D eigenvalue weighted by atomic mass is 79.9. The molecule has 2 aromatic heterocycles. The molecule has 0 saturated heterocycles. The minimum absolute atomic E-state index is 0.0715.